The van der Waals surface area contributed by atoms with Crippen LogP contribution in [0.3, 0.4) is 0 Å². The number of aryl methyl sites for hydroxylation is 2. The Balaban J connectivity index is 1.79. The molecule has 0 nitrogen and oxygen atoms in total. The standard InChI is InChI=1S/C22H26/c1-18-12-15-21(16-13-18)22(20-10-6-3-7-11-20)17-14-19-8-4-2-5-9-19/h2,4-5,8-10,12-13,15-16,22H,3,6-7,11,14,17H2,1H3. The molecular formula is C22H26. The van der Waals surface area contributed by atoms with Gasteiger partial charge in [-0.25, -0.2) is 0 Å². The highest BCUT2D eigenvalue weighted by Crippen LogP contribution is 2.35. The van der Waals surface area contributed by atoms with E-state index in [9.17, 15) is 0 Å². The first-order valence-electron chi connectivity index (χ1n) is 8.62. The van der Waals surface area contributed by atoms with Crippen molar-refractivity contribution < 1.29 is 0 Å². The second-order valence-corrected chi connectivity index (χ2v) is 6.51. The van der Waals surface area contributed by atoms with Gasteiger partial charge in [-0.05, 0) is 56.6 Å². The Kier molecular flexibility index (Phi) is 5.11. The van der Waals surface area contributed by atoms with E-state index in [4.69, 9.17) is 0 Å². The van der Waals surface area contributed by atoms with Gasteiger partial charge in [-0.2, -0.15) is 0 Å². The van der Waals surface area contributed by atoms with E-state index in [0.29, 0.717) is 5.92 Å². The lowest BCUT2D eigenvalue weighted by atomic mass is 9.81. The maximum absolute atomic E-state index is 2.51. The van der Waals surface area contributed by atoms with Crippen LogP contribution in [0, 0.1) is 6.92 Å². The summed E-state index contributed by atoms with van der Waals surface area (Å²) < 4.78 is 0. The fourth-order valence-corrected chi connectivity index (χ4v) is 3.50. The Hall–Kier alpha value is -1.82. The fourth-order valence-electron chi connectivity index (χ4n) is 3.50. The second kappa shape index (κ2) is 7.45. The number of rotatable bonds is 5. The van der Waals surface area contributed by atoms with E-state index in [1.807, 2.05) is 0 Å². The van der Waals surface area contributed by atoms with Crippen molar-refractivity contribution in [1.29, 1.82) is 0 Å². The van der Waals surface area contributed by atoms with Gasteiger partial charge in [0.05, 0.1) is 0 Å². The molecule has 0 radical (unpaired) electrons. The lowest BCUT2D eigenvalue weighted by Gasteiger charge is -2.24. The molecule has 22 heavy (non-hydrogen) atoms. The van der Waals surface area contributed by atoms with Gasteiger partial charge in [-0.15, -0.1) is 0 Å². The summed E-state index contributed by atoms with van der Waals surface area (Å²) in [5, 5.41) is 0. The molecule has 1 atom stereocenters. The third-order valence-corrected chi connectivity index (χ3v) is 4.82. The summed E-state index contributed by atoms with van der Waals surface area (Å²) >= 11 is 0. The Bertz CT molecular complexity index is 604. The van der Waals surface area contributed by atoms with Gasteiger partial charge in [-0.1, -0.05) is 71.8 Å². The van der Waals surface area contributed by atoms with Gasteiger partial charge < -0.3 is 0 Å². The molecule has 0 N–H and O–H groups in total. The van der Waals surface area contributed by atoms with Crippen LogP contribution in [0.2, 0.25) is 0 Å². The molecule has 0 spiro atoms. The molecule has 0 amide bonds. The molecule has 0 heteroatoms. The van der Waals surface area contributed by atoms with E-state index < -0.39 is 0 Å². The molecule has 0 fully saturated rings. The van der Waals surface area contributed by atoms with E-state index in [-0.39, 0.29) is 0 Å². The van der Waals surface area contributed by atoms with Crippen LogP contribution in [0.1, 0.15) is 54.7 Å². The molecule has 2 aromatic rings. The van der Waals surface area contributed by atoms with Crippen LogP contribution in [-0.2, 0) is 6.42 Å². The van der Waals surface area contributed by atoms with Crippen molar-refractivity contribution >= 4 is 0 Å². The molecule has 1 aliphatic carbocycles. The third-order valence-electron chi connectivity index (χ3n) is 4.82. The second-order valence-electron chi connectivity index (χ2n) is 6.51. The Labute approximate surface area is 134 Å². The maximum Gasteiger partial charge on any atom is 0.00513 e. The monoisotopic (exact) mass is 290 g/mol. The van der Waals surface area contributed by atoms with Gasteiger partial charge in [0.2, 0.25) is 0 Å². The first kappa shape index (κ1) is 15.1. The minimum Gasteiger partial charge on any atom is -0.0847 e. The molecule has 0 aliphatic heterocycles. The molecule has 0 saturated heterocycles. The summed E-state index contributed by atoms with van der Waals surface area (Å²) in [4.78, 5) is 0. The van der Waals surface area contributed by atoms with Gasteiger partial charge >= 0.3 is 0 Å². The molecule has 1 unspecified atom stereocenters. The van der Waals surface area contributed by atoms with Crippen molar-refractivity contribution in [2.75, 3.05) is 0 Å². The number of hydrogen-bond donors (Lipinski definition) is 0. The van der Waals surface area contributed by atoms with Crippen molar-refractivity contribution in [1.82, 2.24) is 0 Å². The quantitative estimate of drug-likeness (QED) is 0.574. The molecule has 2 aromatic carbocycles. The zero-order valence-corrected chi connectivity index (χ0v) is 13.6. The lowest BCUT2D eigenvalue weighted by molar-refractivity contribution is 0.610. The van der Waals surface area contributed by atoms with Crippen molar-refractivity contribution in [2.45, 2.75) is 51.4 Å². The maximum atomic E-state index is 2.51. The molecule has 0 aromatic heterocycles. The van der Waals surface area contributed by atoms with Crippen LogP contribution in [0.15, 0.2) is 66.2 Å². The Morgan fingerprint density at radius 3 is 2.36 bits per heavy atom. The van der Waals surface area contributed by atoms with E-state index >= 15 is 0 Å². The molecule has 114 valence electrons. The van der Waals surface area contributed by atoms with Crippen molar-refractivity contribution in [3.63, 3.8) is 0 Å². The average molecular weight is 290 g/mol. The average Bonchev–Trinajstić information content (AvgIpc) is 2.58. The molecule has 1 aliphatic rings. The fraction of sp³-hybridized carbons (Fsp3) is 0.364. The van der Waals surface area contributed by atoms with Gasteiger partial charge in [0.15, 0.2) is 0 Å². The predicted octanol–water partition coefficient (Wildman–Crippen LogP) is 6.21. The van der Waals surface area contributed by atoms with Crippen LogP contribution in [0.5, 0.6) is 0 Å². The van der Waals surface area contributed by atoms with Crippen LogP contribution in [-0.4, -0.2) is 0 Å². The van der Waals surface area contributed by atoms with Gasteiger partial charge in [0.25, 0.3) is 0 Å². The van der Waals surface area contributed by atoms with Crippen LogP contribution < -0.4 is 0 Å². The van der Waals surface area contributed by atoms with Crippen molar-refractivity contribution in [3.8, 4) is 0 Å². The summed E-state index contributed by atoms with van der Waals surface area (Å²) in [6.07, 6.45) is 10.2. The van der Waals surface area contributed by atoms with E-state index in [0.717, 1.165) is 6.42 Å². The summed E-state index contributed by atoms with van der Waals surface area (Å²) in [5.74, 6) is 0.598. The summed E-state index contributed by atoms with van der Waals surface area (Å²) in [6.45, 7) is 2.17. The lowest BCUT2D eigenvalue weighted by Crippen LogP contribution is -2.07. The topological polar surface area (TPSA) is 0 Å². The highest BCUT2D eigenvalue weighted by Gasteiger charge is 2.18. The minimum atomic E-state index is 0.598. The van der Waals surface area contributed by atoms with Gasteiger partial charge in [0.1, 0.15) is 0 Å². The zero-order chi connectivity index (χ0) is 15.2. The van der Waals surface area contributed by atoms with Gasteiger partial charge in [0, 0.05) is 5.92 Å². The smallest absolute Gasteiger partial charge is 0.00513 e. The van der Waals surface area contributed by atoms with Crippen molar-refractivity contribution in [3.05, 3.63) is 82.9 Å². The first-order valence-corrected chi connectivity index (χ1v) is 8.62. The SMILES string of the molecule is Cc1ccc(C(CCc2ccccc2)C2=CCCCC2)cc1. The third kappa shape index (κ3) is 3.88. The highest BCUT2D eigenvalue weighted by atomic mass is 14.2. The highest BCUT2D eigenvalue weighted by molar-refractivity contribution is 5.32. The van der Waals surface area contributed by atoms with E-state index in [1.54, 1.807) is 5.57 Å². The summed E-state index contributed by atoms with van der Waals surface area (Å²) in [6, 6.07) is 20.1. The van der Waals surface area contributed by atoms with Crippen LogP contribution in [0.25, 0.3) is 0 Å². The first-order chi connectivity index (χ1) is 10.8. The Morgan fingerprint density at radius 1 is 0.909 bits per heavy atom. The summed E-state index contributed by atoms with van der Waals surface area (Å²) in [7, 11) is 0. The number of hydrogen-bond acceptors (Lipinski definition) is 0. The predicted molar refractivity (Wildman–Crippen MR) is 95.2 cm³/mol. The number of allylic oxidation sites excluding steroid dienone is 2. The molecular weight excluding hydrogens is 264 g/mol. The normalized spacial score (nSPS) is 16.1. The summed E-state index contributed by atoms with van der Waals surface area (Å²) in [5.41, 5.74) is 5.97. The van der Waals surface area contributed by atoms with Crippen LogP contribution in [0.4, 0.5) is 0 Å². The largest absolute Gasteiger partial charge is 0.0847 e. The van der Waals surface area contributed by atoms with E-state index in [1.165, 1.54) is 48.8 Å². The minimum absolute atomic E-state index is 0.598. The van der Waals surface area contributed by atoms with Crippen LogP contribution >= 0.6 is 0 Å². The molecule has 0 bridgehead atoms. The molecule has 0 heterocycles. The Morgan fingerprint density at radius 2 is 1.68 bits per heavy atom. The molecule has 0 saturated carbocycles. The van der Waals surface area contributed by atoms with Crippen molar-refractivity contribution in [2.24, 2.45) is 0 Å². The van der Waals surface area contributed by atoms with Gasteiger partial charge in [-0.3, -0.25) is 0 Å². The molecule has 3 rings (SSSR count). The van der Waals surface area contributed by atoms with E-state index in [2.05, 4.69) is 67.6 Å². The zero-order valence-electron chi connectivity index (χ0n) is 13.6. The number of benzene rings is 2.